The van der Waals surface area contributed by atoms with Crippen LogP contribution in [-0.2, 0) is 6.54 Å². The molecule has 0 atom stereocenters. The van der Waals surface area contributed by atoms with Gasteiger partial charge in [-0.15, -0.1) is 0 Å². The lowest BCUT2D eigenvalue weighted by molar-refractivity contribution is 0.0981. The van der Waals surface area contributed by atoms with E-state index in [4.69, 9.17) is 0 Å². The van der Waals surface area contributed by atoms with Gasteiger partial charge in [-0.1, -0.05) is 20.8 Å². The average molecular weight is 236 g/mol. The Balaban J connectivity index is 2.48. The molecule has 0 saturated heterocycles. The molecule has 17 heavy (non-hydrogen) atoms. The molecule has 96 valence electrons. The minimum atomic E-state index is 0.258. The second-order valence-corrected chi connectivity index (χ2v) is 4.34. The topological polar surface area (TPSA) is 25.2 Å². The second kappa shape index (κ2) is 7.28. The lowest BCUT2D eigenvalue weighted by atomic mass is 10.1. The maximum atomic E-state index is 11.7. The molecule has 0 radical (unpaired) electrons. The molecule has 0 aliphatic carbocycles. The Hall–Kier alpha value is -1.09. The highest BCUT2D eigenvalue weighted by Gasteiger charge is 2.06. The first-order chi connectivity index (χ1) is 8.21. The average Bonchev–Trinajstić information content (AvgIpc) is 2.79. The van der Waals surface area contributed by atoms with Crippen molar-refractivity contribution < 1.29 is 4.79 Å². The lowest BCUT2D eigenvalue weighted by Crippen LogP contribution is -2.26. The van der Waals surface area contributed by atoms with E-state index in [2.05, 4.69) is 23.3 Å². The summed E-state index contributed by atoms with van der Waals surface area (Å²) in [7, 11) is 0. The van der Waals surface area contributed by atoms with Crippen LogP contribution in [0.2, 0.25) is 0 Å². The predicted molar refractivity (Wildman–Crippen MR) is 71.5 cm³/mol. The van der Waals surface area contributed by atoms with Crippen molar-refractivity contribution in [1.82, 2.24) is 9.47 Å². The van der Waals surface area contributed by atoms with Gasteiger partial charge in [0, 0.05) is 37.5 Å². The molecule has 0 N–H and O–H groups in total. The third-order valence-electron chi connectivity index (χ3n) is 3.12. The Morgan fingerprint density at radius 1 is 1.29 bits per heavy atom. The fourth-order valence-electron chi connectivity index (χ4n) is 1.91. The van der Waals surface area contributed by atoms with Gasteiger partial charge in [0.2, 0.25) is 0 Å². The molecule has 0 fully saturated rings. The summed E-state index contributed by atoms with van der Waals surface area (Å²) in [5.41, 5.74) is 0.853. The quantitative estimate of drug-likeness (QED) is 0.648. The Morgan fingerprint density at radius 2 is 2.00 bits per heavy atom. The largest absolute Gasteiger partial charge is 0.352 e. The van der Waals surface area contributed by atoms with E-state index in [0.717, 1.165) is 38.2 Å². The van der Waals surface area contributed by atoms with E-state index in [-0.39, 0.29) is 5.78 Å². The minimum Gasteiger partial charge on any atom is -0.352 e. The van der Waals surface area contributed by atoms with Crippen LogP contribution in [0.15, 0.2) is 18.5 Å². The summed E-state index contributed by atoms with van der Waals surface area (Å²) in [4.78, 5) is 14.1. The van der Waals surface area contributed by atoms with Crippen molar-refractivity contribution >= 4 is 5.78 Å². The lowest BCUT2D eigenvalue weighted by Gasteiger charge is -2.17. The van der Waals surface area contributed by atoms with Crippen LogP contribution in [0, 0.1) is 0 Å². The molecular formula is C14H24N2O. The Morgan fingerprint density at radius 3 is 2.59 bits per heavy atom. The Bertz CT molecular complexity index is 340. The van der Waals surface area contributed by atoms with Crippen molar-refractivity contribution in [3.8, 4) is 0 Å². The molecule has 0 bridgehead atoms. The fourth-order valence-corrected chi connectivity index (χ4v) is 1.91. The van der Waals surface area contributed by atoms with E-state index in [9.17, 15) is 4.79 Å². The van der Waals surface area contributed by atoms with E-state index in [1.165, 1.54) is 0 Å². The van der Waals surface area contributed by atoms with Crippen LogP contribution in [0.25, 0.3) is 0 Å². The summed E-state index contributed by atoms with van der Waals surface area (Å²) in [6, 6.07) is 1.93. The molecule has 1 heterocycles. The monoisotopic (exact) mass is 236 g/mol. The highest BCUT2D eigenvalue weighted by Crippen LogP contribution is 2.06. The number of carbonyl (C=O) groups is 1. The van der Waals surface area contributed by atoms with Gasteiger partial charge in [-0.25, -0.2) is 0 Å². The van der Waals surface area contributed by atoms with Crippen LogP contribution in [0.5, 0.6) is 0 Å². The first kappa shape index (κ1) is 14.0. The summed E-state index contributed by atoms with van der Waals surface area (Å²) in [5, 5.41) is 0. The van der Waals surface area contributed by atoms with Gasteiger partial charge >= 0.3 is 0 Å². The first-order valence-electron chi connectivity index (χ1n) is 6.62. The zero-order valence-corrected chi connectivity index (χ0v) is 11.3. The van der Waals surface area contributed by atoms with Crippen LogP contribution in [0.3, 0.4) is 0 Å². The number of rotatable bonds is 8. The van der Waals surface area contributed by atoms with E-state index >= 15 is 0 Å². The van der Waals surface area contributed by atoms with Gasteiger partial charge in [-0.2, -0.15) is 0 Å². The maximum absolute atomic E-state index is 11.7. The number of ketones is 1. The molecule has 1 rings (SSSR count). The third kappa shape index (κ3) is 4.35. The SMILES string of the molecule is CCCC(=O)c1ccn(CCN(CC)CC)c1. The summed E-state index contributed by atoms with van der Waals surface area (Å²) in [6.45, 7) is 10.6. The summed E-state index contributed by atoms with van der Waals surface area (Å²) >= 11 is 0. The predicted octanol–water partition coefficient (Wildman–Crippen LogP) is 2.81. The molecule has 0 unspecified atom stereocenters. The van der Waals surface area contributed by atoms with Crippen LogP contribution in [0.1, 0.15) is 44.0 Å². The molecule has 3 nitrogen and oxygen atoms in total. The first-order valence-corrected chi connectivity index (χ1v) is 6.62. The standard InChI is InChI=1S/C14H24N2O/c1-4-7-14(17)13-8-9-16(12-13)11-10-15(5-2)6-3/h8-9,12H,4-7,10-11H2,1-3H3. The Kier molecular flexibility index (Phi) is 5.98. The van der Waals surface area contributed by atoms with Gasteiger partial charge in [-0.05, 0) is 25.6 Å². The number of hydrogen-bond donors (Lipinski definition) is 0. The third-order valence-corrected chi connectivity index (χ3v) is 3.12. The van der Waals surface area contributed by atoms with Crippen molar-refractivity contribution in [2.24, 2.45) is 0 Å². The number of carbonyl (C=O) groups excluding carboxylic acids is 1. The smallest absolute Gasteiger partial charge is 0.164 e. The number of hydrogen-bond acceptors (Lipinski definition) is 2. The number of likely N-dealkylation sites (N-methyl/N-ethyl adjacent to an activating group) is 1. The summed E-state index contributed by atoms with van der Waals surface area (Å²) in [5.74, 6) is 0.258. The van der Waals surface area contributed by atoms with Crippen molar-refractivity contribution in [2.45, 2.75) is 40.2 Å². The highest BCUT2D eigenvalue weighted by molar-refractivity contribution is 5.95. The fraction of sp³-hybridized carbons (Fsp3) is 0.643. The number of nitrogens with zero attached hydrogens (tertiary/aromatic N) is 2. The van der Waals surface area contributed by atoms with Gasteiger partial charge in [-0.3, -0.25) is 4.79 Å². The van der Waals surface area contributed by atoms with Gasteiger partial charge in [0.05, 0.1) is 0 Å². The van der Waals surface area contributed by atoms with Crippen molar-refractivity contribution in [2.75, 3.05) is 19.6 Å². The molecule has 0 aliphatic heterocycles. The molecule has 0 aliphatic rings. The van der Waals surface area contributed by atoms with Crippen molar-refractivity contribution in [1.29, 1.82) is 0 Å². The van der Waals surface area contributed by atoms with Gasteiger partial charge in [0.25, 0.3) is 0 Å². The molecule has 0 spiro atoms. The number of Topliss-reactive ketones (excluding diaryl/α,β-unsaturated/α-hetero) is 1. The van der Waals surface area contributed by atoms with Gasteiger partial charge in [0.1, 0.15) is 0 Å². The molecule has 1 aromatic heterocycles. The van der Waals surface area contributed by atoms with E-state index < -0.39 is 0 Å². The second-order valence-electron chi connectivity index (χ2n) is 4.34. The van der Waals surface area contributed by atoms with Gasteiger partial charge in [0.15, 0.2) is 5.78 Å². The molecule has 3 heteroatoms. The van der Waals surface area contributed by atoms with Crippen LogP contribution >= 0.6 is 0 Å². The molecule has 0 aromatic carbocycles. The summed E-state index contributed by atoms with van der Waals surface area (Å²) in [6.07, 6.45) is 5.55. The number of aromatic nitrogens is 1. The van der Waals surface area contributed by atoms with Crippen LogP contribution in [0.4, 0.5) is 0 Å². The van der Waals surface area contributed by atoms with Crippen molar-refractivity contribution in [3.05, 3.63) is 24.0 Å². The molecular weight excluding hydrogens is 212 g/mol. The molecule has 0 saturated carbocycles. The van der Waals surface area contributed by atoms with Crippen LogP contribution < -0.4 is 0 Å². The van der Waals surface area contributed by atoms with Crippen LogP contribution in [-0.4, -0.2) is 34.9 Å². The maximum Gasteiger partial charge on any atom is 0.164 e. The van der Waals surface area contributed by atoms with E-state index in [1.807, 2.05) is 25.4 Å². The molecule has 1 aromatic rings. The van der Waals surface area contributed by atoms with E-state index in [1.54, 1.807) is 0 Å². The normalized spacial score (nSPS) is 11.1. The Labute approximate surface area is 104 Å². The van der Waals surface area contributed by atoms with Gasteiger partial charge < -0.3 is 9.47 Å². The minimum absolute atomic E-state index is 0.258. The van der Waals surface area contributed by atoms with E-state index in [0.29, 0.717) is 6.42 Å². The summed E-state index contributed by atoms with van der Waals surface area (Å²) < 4.78 is 2.11. The zero-order chi connectivity index (χ0) is 12.7. The molecule has 0 amide bonds. The highest BCUT2D eigenvalue weighted by atomic mass is 16.1. The zero-order valence-electron chi connectivity index (χ0n) is 11.3. The van der Waals surface area contributed by atoms with Crippen molar-refractivity contribution in [3.63, 3.8) is 0 Å².